The average Bonchev–Trinajstić information content (AvgIpc) is 2.72. The Balaban J connectivity index is 2.08. The number of aryl methyl sites for hydroxylation is 1. The van der Waals surface area contributed by atoms with E-state index in [1.54, 1.807) is 12.1 Å². The van der Waals surface area contributed by atoms with Crippen LogP contribution in [0.1, 0.15) is 22.3 Å². The monoisotopic (exact) mass is 224 g/mol. The third-order valence-corrected chi connectivity index (χ3v) is 3.23. The Labute approximate surface area is 99.5 Å². The van der Waals surface area contributed by atoms with E-state index in [9.17, 15) is 9.90 Å². The van der Waals surface area contributed by atoms with Crippen molar-refractivity contribution >= 4 is 5.78 Å². The van der Waals surface area contributed by atoms with Gasteiger partial charge in [0.25, 0.3) is 0 Å². The van der Waals surface area contributed by atoms with Gasteiger partial charge in [0, 0.05) is 12.0 Å². The van der Waals surface area contributed by atoms with E-state index in [-0.39, 0.29) is 11.5 Å². The fourth-order valence-electron chi connectivity index (χ4n) is 2.27. The molecule has 0 bridgehead atoms. The summed E-state index contributed by atoms with van der Waals surface area (Å²) in [5, 5.41) is 9.25. The summed E-state index contributed by atoms with van der Waals surface area (Å²) in [6, 6.07) is 13.0. The number of ketones is 1. The number of rotatable bonds is 1. The van der Waals surface area contributed by atoms with Gasteiger partial charge in [-0.05, 0) is 41.3 Å². The molecule has 0 atom stereocenters. The van der Waals surface area contributed by atoms with Crippen LogP contribution >= 0.6 is 0 Å². The van der Waals surface area contributed by atoms with Crippen molar-refractivity contribution in [1.29, 1.82) is 0 Å². The van der Waals surface area contributed by atoms with Gasteiger partial charge in [-0.2, -0.15) is 0 Å². The Bertz CT molecular complexity index is 582. The summed E-state index contributed by atoms with van der Waals surface area (Å²) in [6.07, 6.45) is 1.50. The number of hydrogen-bond donors (Lipinski definition) is 1. The maximum Gasteiger partial charge on any atom is 0.163 e. The lowest BCUT2D eigenvalue weighted by atomic mass is 10.0. The Morgan fingerprint density at radius 2 is 1.59 bits per heavy atom. The number of Topliss-reactive ketones (excluding diaryl/α,β-unsaturated/α-hetero) is 1. The average molecular weight is 224 g/mol. The highest BCUT2D eigenvalue weighted by atomic mass is 16.3. The van der Waals surface area contributed by atoms with Crippen molar-refractivity contribution in [3.8, 4) is 16.9 Å². The van der Waals surface area contributed by atoms with E-state index in [1.807, 2.05) is 30.3 Å². The molecule has 0 aromatic heterocycles. The van der Waals surface area contributed by atoms with Crippen LogP contribution in [0.15, 0.2) is 42.5 Å². The first-order valence-corrected chi connectivity index (χ1v) is 5.69. The topological polar surface area (TPSA) is 37.3 Å². The first-order valence-electron chi connectivity index (χ1n) is 5.69. The molecule has 0 radical (unpaired) electrons. The zero-order valence-electron chi connectivity index (χ0n) is 9.31. The Hall–Kier alpha value is -2.09. The Morgan fingerprint density at radius 3 is 2.35 bits per heavy atom. The number of carbonyl (C=O) groups excluding carboxylic acids is 1. The summed E-state index contributed by atoms with van der Waals surface area (Å²) in [5.74, 6) is 0.492. The van der Waals surface area contributed by atoms with Crippen LogP contribution in [-0.2, 0) is 6.42 Å². The van der Waals surface area contributed by atoms with Crippen LogP contribution in [0, 0.1) is 0 Å². The molecule has 0 saturated heterocycles. The normalized spacial score (nSPS) is 13.8. The van der Waals surface area contributed by atoms with E-state index >= 15 is 0 Å². The van der Waals surface area contributed by atoms with E-state index < -0.39 is 0 Å². The molecule has 2 nitrogen and oxygen atoms in total. The number of phenols is 1. The van der Waals surface area contributed by atoms with Gasteiger partial charge in [-0.25, -0.2) is 0 Å². The molecule has 0 saturated carbocycles. The predicted octanol–water partition coefficient (Wildman–Crippen LogP) is 3.19. The second kappa shape index (κ2) is 3.74. The second-order valence-corrected chi connectivity index (χ2v) is 4.34. The largest absolute Gasteiger partial charge is 0.508 e. The molecule has 0 heterocycles. The fraction of sp³-hybridized carbons (Fsp3) is 0.133. The molecule has 0 aliphatic heterocycles. The molecule has 3 rings (SSSR count). The first-order chi connectivity index (χ1) is 8.24. The molecule has 2 aromatic carbocycles. The van der Waals surface area contributed by atoms with Crippen LogP contribution in [-0.4, -0.2) is 10.9 Å². The molecule has 1 aliphatic carbocycles. The summed E-state index contributed by atoms with van der Waals surface area (Å²) < 4.78 is 0. The minimum atomic E-state index is 0.237. The minimum Gasteiger partial charge on any atom is -0.508 e. The van der Waals surface area contributed by atoms with Crippen LogP contribution in [0.5, 0.6) is 5.75 Å². The van der Waals surface area contributed by atoms with Crippen molar-refractivity contribution < 1.29 is 9.90 Å². The van der Waals surface area contributed by atoms with Gasteiger partial charge in [0.05, 0.1) is 0 Å². The molecule has 2 heteroatoms. The third kappa shape index (κ3) is 1.72. The number of fused-ring (bicyclic) bond motifs is 1. The molecule has 2 aromatic rings. The van der Waals surface area contributed by atoms with Gasteiger partial charge < -0.3 is 5.11 Å². The van der Waals surface area contributed by atoms with Crippen molar-refractivity contribution in [3.63, 3.8) is 0 Å². The molecular formula is C15H12O2. The molecule has 17 heavy (non-hydrogen) atoms. The second-order valence-electron chi connectivity index (χ2n) is 4.34. The summed E-state index contributed by atoms with van der Waals surface area (Å²) >= 11 is 0. The molecular weight excluding hydrogens is 212 g/mol. The highest BCUT2D eigenvalue weighted by molar-refractivity contribution is 6.01. The van der Waals surface area contributed by atoms with E-state index in [2.05, 4.69) is 0 Å². The number of hydrogen-bond acceptors (Lipinski definition) is 2. The number of benzene rings is 2. The standard InChI is InChI=1S/C15H12O2/c16-13-6-3-10(4-7-13)12-2-1-11-5-8-15(17)14(11)9-12/h1-4,6-7,9,16H,5,8H2. The van der Waals surface area contributed by atoms with Crippen LogP contribution < -0.4 is 0 Å². The van der Waals surface area contributed by atoms with Gasteiger partial charge in [-0.15, -0.1) is 0 Å². The van der Waals surface area contributed by atoms with Crippen molar-refractivity contribution in [2.45, 2.75) is 12.8 Å². The molecule has 0 spiro atoms. The van der Waals surface area contributed by atoms with Gasteiger partial charge in [-0.1, -0.05) is 24.3 Å². The number of phenolic OH excluding ortho intramolecular Hbond substituents is 1. The van der Waals surface area contributed by atoms with E-state index in [1.165, 1.54) is 0 Å². The van der Waals surface area contributed by atoms with Crippen molar-refractivity contribution in [3.05, 3.63) is 53.6 Å². The lowest BCUT2D eigenvalue weighted by Gasteiger charge is -2.04. The molecule has 0 fully saturated rings. The zero-order chi connectivity index (χ0) is 11.8. The predicted molar refractivity (Wildman–Crippen MR) is 66.2 cm³/mol. The molecule has 0 unspecified atom stereocenters. The summed E-state index contributed by atoms with van der Waals surface area (Å²) in [7, 11) is 0. The Morgan fingerprint density at radius 1 is 0.882 bits per heavy atom. The van der Waals surface area contributed by atoms with Crippen molar-refractivity contribution in [2.75, 3.05) is 0 Å². The maximum atomic E-state index is 11.7. The number of aromatic hydroxyl groups is 1. The maximum absolute atomic E-state index is 11.7. The summed E-state index contributed by atoms with van der Waals surface area (Å²) in [4.78, 5) is 11.7. The highest BCUT2D eigenvalue weighted by Gasteiger charge is 2.19. The van der Waals surface area contributed by atoms with Crippen molar-refractivity contribution in [1.82, 2.24) is 0 Å². The van der Waals surface area contributed by atoms with Gasteiger partial charge in [0.2, 0.25) is 0 Å². The van der Waals surface area contributed by atoms with E-state index in [0.29, 0.717) is 6.42 Å². The van der Waals surface area contributed by atoms with Crippen LogP contribution in [0.2, 0.25) is 0 Å². The molecule has 84 valence electrons. The van der Waals surface area contributed by atoms with Crippen LogP contribution in [0.25, 0.3) is 11.1 Å². The SMILES string of the molecule is O=C1CCc2ccc(-c3ccc(O)cc3)cc21. The summed E-state index contributed by atoms with van der Waals surface area (Å²) in [6.45, 7) is 0. The zero-order valence-corrected chi connectivity index (χ0v) is 9.31. The van der Waals surface area contributed by atoms with E-state index in [0.717, 1.165) is 28.7 Å². The lowest BCUT2D eigenvalue weighted by Crippen LogP contribution is -1.91. The van der Waals surface area contributed by atoms with Crippen LogP contribution in [0.3, 0.4) is 0 Å². The smallest absolute Gasteiger partial charge is 0.163 e. The van der Waals surface area contributed by atoms with Crippen LogP contribution in [0.4, 0.5) is 0 Å². The first kappa shape index (κ1) is 10.1. The van der Waals surface area contributed by atoms with Crippen molar-refractivity contribution in [2.24, 2.45) is 0 Å². The van der Waals surface area contributed by atoms with Gasteiger partial charge >= 0.3 is 0 Å². The Kier molecular flexibility index (Phi) is 2.22. The van der Waals surface area contributed by atoms with Gasteiger partial charge in [0.15, 0.2) is 5.78 Å². The summed E-state index contributed by atoms with van der Waals surface area (Å²) in [5.41, 5.74) is 4.05. The molecule has 0 amide bonds. The van der Waals surface area contributed by atoms with E-state index in [4.69, 9.17) is 0 Å². The van der Waals surface area contributed by atoms with Gasteiger partial charge in [0.1, 0.15) is 5.75 Å². The fourth-order valence-corrected chi connectivity index (χ4v) is 2.27. The minimum absolute atomic E-state index is 0.237. The number of carbonyl (C=O) groups is 1. The highest BCUT2D eigenvalue weighted by Crippen LogP contribution is 2.28. The third-order valence-electron chi connectivity index (χ3n) is 3.23. The quantitative estimate of drug-likeness (QED) is 0.807. The lowest BCUT2D eigenvalue weighted by molar-refractivity contribution is 0.0994. The molecule has 1 aliphatic rings. The van der Waals surface area contributed by atoms with Gasteiger partial charge in [-0.3, -0.25) is 4.79 Å². The molecule has 1 N–H and O–H groups in total.